The van der Waals surface area contributed by atoms with Gasteiger partial charge in [0.15, 0.2) is 10.7 Å². The molecule has 0 spiro atoms. The molecule has 2 heterocycles. The number of hydrogen-bond donors (Lipinski definition) is 2. The summed E-state index contributed by atoms with van der Waals surface area (Å²) in [4.78, 5) is 4.02. The Labute approximate surface area is 173 Å². The first kappa shape index (κ1) is 21.1. The first-order valence-electron chi connectivity index (χ1n) is 8.56. The van der Waals surface area contributed by atoms with Crippen LogP contribution in [0.1, 0.15) is 25.7 Å². The summed E-state index contributed by atoms with van der Waals surface area (Å²) in [5, 5.41) is 3.23. The molecule has 0 bridgehead atoms. The fraction of sp³-hybridized carbons (Fsp3) is 0.375. The standard InChI is InChI=1S/C16H18BrF2N5O2S2/c17-11-5-6-12(18)14(13(11)19)28(25,26)22-8-4-2-1-3-7-20-15-23-27-16-21-9-10-24(15)16/h5-6,9-10,22H,1-4,7-8H2,(H,20,23). The minimum atomic E-state index is -4.24. The van der Waals surface area contributed by atoms with E-state index in [1.54, 1.807) is 6.20 Å². The number of imidazole rings is 1. The summed E-state index contributed by atoms with van der Waals surface area (Å²) in [5.41, 5.74) is 0. The number of nitrogens with one attached hydrogen (secondary N) is 2. The van der Waals surface area contributed by atoms with Crippen molar-refractivity contribution in [3.05, 3.63) is 40.6 Å². The second-order valence-electron chi connectivity index (χ2n) is 6.00. The van der Waals surface area contributed by atoms with E-state index >= 15 is 0 Å². The summed E-state index contributed by atoms with van der Waals surface area (Å²) in [7, 11) is -4.24. The average Bonchev–Trinajstić information content (AvgIpc) is 3.25. The molecule has 3 rings (SSSR count). The van der Waals surface area contributed by atoms with E-state index in [9.17, 15) is 17.2 Å². The predicted octanol–water partition coefficient (Wildman–Crippen LogP) is 3.78. The minimum absolute atomic E-state index is 0.102. The van der Waals surface area contributed by atoms with Gasteiger partial charge < -0.3 is 5.32 Å². The van der Waals surface area contributed by atoms with Gasteiger partial charge in [0.25, 0.3) is 0 Å². The van der Waals surface area contributed by atoms with Crippen LogP contribution < -0.4 is 10.0 Å². The van der Waals surface area contributed by atoms with Gasteiger partial charge in [0, 0.05) is 37.0 Å². The molecular weight excluding hydrogens is 476 g/mol. The van der Waals surface area contributed by atoms with E-state index in [0.717, 1.165) is 48.8 Å². The number of benzene rings is 1. The molecule has 28 heavy (non-hydrogen) atoms. The largest absolute Gasteiger partial charge is 0.355 e. The van der Waals surface area contributed by atoms with Crippen LogP contribution in [0.15, 0.2) is 33.9 Å². The van der Waals surface area contributed by atoms with Gasteiger partial charge in [0.05, 0.1) is 4.47 Å². The van der Waals surface area contributed by atoms with Gasteiger partial charge >= 0.3 is 0 Å². The lowest BCUT2D eigenvalue weighted by Gasteiger charge is -2.09. The van der Waals surface area contributed by atoms with Crippen molar-refractivity contribution in [2.45, 2.75) is 30.6 Å². The Kier molecular flexibility index (Phi) is 6.96. The summed E-state index contributed by atoms with van der Waals surface area (Å²) >= 11 is 4.18. The lowest BCUT2D eigenvalue weighted by atomic mass is 10.2. The van der Waals surface area contributed by atoms with Crippen molar-refractivity contribution in [3.63, 3.8) is 0 Å². The van der Waals surface area contributed by atoms with Crippen LogP contribution >= 0.6 is 27.5 Å². The zero-order valence-electron chi connectivity index (χ0n) is 14.7. The number of aromatic nitrogens is 3. The van der Waals surface area contributed by atoms with Gasteiger partial charge in [-0.05, 0) is 40.9 Å². The summed E-state index contributed by atoms with van der Waals surface area (Å²) in [5.74, 6) is -1.50. The number of sulfonamides is 1. The third-order valence-corrected chi connectivity index (χ3v) is 6.84. The molecule has 1 aromatic carbocycles. The average molecular weight is 494 g/mol. The van der Waals surface area contributed by atoms with Crippen LogP contribution in [0.4, 0.5) is 14.7 Å². The third kappa shape index (κ3) is 4.85. The molecular formula is C16H18BrF2N5O2S2. The normalized spacial score (nSPS) is 12.0. The molecule has 2 N–H and O–H groups in total. The van der Waals surface area contributed by atoms with Crippen LogP contribution in [0.2, 0.25) is 0 Å². The number of halogens is 3. The predicted molar refractivity (Wildman–Crippen MR) is 107 cm³/mol. The van der Waals surface area contributed by atoms with Gasteiger partial charge in [-0.3, -0.25) is 4.40 Å². The molecule has 0 fully saturated rings. The number of hydrogen-bond acceptors (Lipinski definition) is 6. The van der Waals surface area contributed by atoms with Gasteiger partial charge in [0.2, 0.25) is 20.9 Å². The number of unbranched alkanes of at least 4 members (excludes halogenated alkanes) is 3. The molecule has 0 amide bonds. The second kappa shape index (κ2) is 9.25. The smallest absolute Gasteiger partial charge is 0.246 e. The number of fused-ring (bicyclic) bond motifs is 1. The van der Waals surface area contributed by atoms with Crippen molar-refractivity contribution in [1.82, 2.24) is 18.5 Å². The highest BCUT2D eigenvalue weighted by Gasteiger charge is 2.25. The van der Waals surface area contributed by atoms with E-state index in [1.165, 1.54) is 11.5 Å². The molecule has 7 nitrogen and oxygen atoms in total. The van der Waals surface area contributed by atoms with Crippen molar-refractivity contribution in [3.8, 4) is 0 Å². The topological polar surface area (TPSA) is 88.4 Å². The van der Waals surface area contributed by atoms with Crippen molar-refractivity contribution in [1.29, 1.82) is 0 Å². The molecule has 152 valence electrons. The monoisotopic (exact) mass is 493 g/mol. The number of nitrogens with zero attached hydrogens (tertiary/aromatic N) is 3. The van der Waals surface area contributed by atoms with Crippen molar-refractivity contribution in [2.75, 3.05) is 18.4 Å². The van der Waals surface area contributed by atoms with Crippen molar-refractivity contribution >= 4 is 48.4 Å². The Bertz CT molecular complexity index is 1050. The zero-order chi connectivity index (χ0) is 20.1. The van der Waals surface area contributed by atoms with Crippen molar-refractivity contribution < 1.29 is 17.2 Å². The SMILES string of the molecule is O=S(=O)(NCCCCCCNc1nsc2nccn12)c1c(F)ccc(Br)c1F. The molecule has 2 aromatic heterocycles. The first-order valence-corrected chi connectivity index (χ1v) is 11.6. The molecule has 0 saturated heterocycles. The highest BCUT2D eigenvalue weighted by atomic mass is 79.9. The maximum absolute atomic E-state index is 13.9. The Morgan fingerprint density at radius 3 is 2.68 bits per heavy atom. The molecule has 0 unspecified atom stereocenters. The summed E-state index contributed by atoms with van der Waals surface area (Å²) in [6, 6.07) is 2.04. The van der Waals surface area contributed by atoms with Gasteiger partial charge in [0.1, 0.15) is 5.82 Å². The van der Waals surface area contributed by atoms with Crippen LogP contribution in [-0.2, 0) is 10.0 Å². The fourth-order valence-corrected chi connectivity index (χ4v) is 4.95. The van der Waals surface area contributed by atoms with E-state index in [2.05, 4.69) is 35.3 Å². The lowest BCUT2D eigenvalue weighted by molar-refractivity contribution is 0.509. The number of anilines is 1. The Morgan fingerprint density at radius 2 is 1.89 bits per heavy atom. The molecule has 0 aliphatic carbocycles. The van der Waals surface area contributed by atoms with E-state index in [4.69, 9.17) is 0 Å². The van der Waals surface area contributed by atoms with Gasteiger partial charge in [-0.15, -0.1) is 0 Å². The van der Waals surface area contributed by atoms with E-state index in [-0.39, 0.29) is 11.0 Å². The third-order valence-electron chi connectivity index (χ3n) is 4.00. The molecule has 12 heteroatoms. The van der Waals surface area contributed by atoms with Crippen LogP contribution in [0, 0.1) is 11.6 Å². The first-order chi connectivity index (χ1) is 13.4. The zero-order valence-corrected chi connectivity index (χ0v) is 17.9. The van der Waals surface area contributed by atoms with Crippen LogP contribution in [0.5, 0.6) is 0 Å². The molecule has 0 atom stereocenters. The minimum Gasteiger partial charge on any atom is -0.355 e. The molecule has 3 aromatic rings. The van der Waals surface area contributed by atoms with E-state index in [0.29, 0.717) is 6.42 Å². The fourth-order valence-electron chi connectivity index (χ4n) is 2.60. The van der Waals surface area contributed by atoms with Crippen LogP contribution in [0.25, 0.3) is 4.96 Å². The number of rotatable bonds is 10. The quantitative estimate of drug-likeness (QED) is 0.331. The summed E-state index contributed by atoms with van der Waals surface area (Å²) in [6.45, 7) is 0.847. The summed E-state index contributed by atoms with van der Waals surface area (Å²) in [6.07, 6.45) is 6.67. The van der Waals surface area contributed by atoms with Gasteiger partial charge in [-0.25, -0.2) is 26.9 Å². The summed E-state index contributed by atoms with van der Waals surface area (Å²) < 4.78 is 60.3. The Morgan fingerprint density at radius 1 is 1.14 bits per heavy atom. The van der Waals surface area contributed by atoms with Crippen LogP contribution in [0.3, 0.4) is 0 Å². The van der Waals surface area contributed by atoms with Crippen LogP contribution in [-0.4, -0.2) is 35.3 Å². The molecule has 0 saturated carbocycles. The Balaban J connectivity index is 1.37. The maximum Gasteiger partial charge on any atom is 0.246 e. The van der Waals surface area contributed by atoms with Gasteiger partial charge in [-0.1, -0.05) is 12.8 Å². The highest BCUT2D eigenvalue weighted by Crippen LogP contribution is 2.25. The van der Waals surface area contributed by atoms with E-state index in [1.807, 2.05) is 10.6 Å². The van der Waals surface area contributed by atoms with E-state index < -0.39 is 26.6 Å². The molecule has 0 aliphatic rings. The van der Waals surface area contributed by atoms with Crippen molar-refractivity contribution in [2.24, 2.45) is 0 Å². The highest BCUT2D eigenvalue weighted by molar-refractivity contribution is 9.10. The lowest BCUT2D eigenvalue weighted by Crippen LogP contribution is -2.26. The molecule has 0 radical (unpaired) electrons. The Hall–Kier alpha value is -1.63. The second-order valence-corrected chi connectivity index (χ2v) is 9.29. The molecule has 0 aliphatic heterocycles. The maximum atomic E-state index is 13.9. The van der Waals surface area contributed by atoms with Gasteiger partial charge in [-0.2, -0.15) is 4.37 Å².